The summed E-state index contributed by atoms with van der Waals surface area (Å²) in [6, 6.07) is 4.61. The first-order valence-corrected chi connectivity index (χ1v) is 9.74. The van der Waals surface area contributed by atoms with Crippen molar-refractivity contribution in [2.24, 2.45) is 5.16 Å². The number of rotatable bonds is 5. The fourth-order valence-corrected chi connectivity index (χ4v) is 3.51. The van der Waals surface area contributed by atoms with Crippen LogP contribution in [0.15, 0.2) is 23.4 Å². The summed E-state index contributed by atoms with van der Waals surface area (Å²) in [6.07, 6.45) is -0.512. The topological polar surface area (TPSA) is 84.7 Å². The third-order valence-corrected chi connectivity index (χ3v) is 5.43. The molecule has 2 aliphatic heterocycles. The predicted octanol–water partition coefficient (Wildman–Crippen LogP) is -0.297. The van der Waals surface area contributed by atoms with Crippen LogP contribution in [0.4, 0.5) is 0 Å². The van der Waals surface area contributed by atoms with E-state index in [0.29, 0.717) is 35.1 Å². The smallest absolute Gasteiger partial charge is 0.264 e. The lowest BCUT2D eigenvalue weighted by atomic mass is 10.0. The van der Waals surface area contributed by atoms with Crippen LogP contribution in [0.1, 0.15) is 18.9 Å². The van der Waals surface area contributed by atoms with E-state index in [0.717, 1.165) is 13.1 Å². The van der Waals surface area contributed by atoms with Gasteiger partial charge in [-0.15, -0.1) is 0 Å². The Bertz CT molecular complexity index is 777. The minimum Gasteiger partial charge on any atom is -0.497 e. The Balaban J connectivity index is 1.56. The molecule has 2 aliphatic rings. The molecule has 2 heterocycles. The number of likely N-dealkylation sites (N-methyl/N-ethyl adjacent to an activating group) is 1. The number of benzene rings is 1. The maximum Gasteiger partial charge on any atom is 0.264 e. The van der Waals surface area contributed by atoms with Crippen LogP contribution in [0, 0.1) is 0 Å². The lowest BCUT2D eigenvalue weighted by Gasteiger charge is -2.32. The molecule has 0 spiro atoms. The highest BCUT2D eigenvalue weighted by molar-refractivity contribution is 6.34. The van der Waals surface area contributed by atoms with Crippen molar-refractivity contribution in [3.63, 3.8) is 0 Å². The number of amides is 2. The second-order valence-corrected chi connectivity index (χ2v) is 7.60. The van der Waals surface area contributed by atoms with Crippen LogP contribution in [0.5, 0.6) is 5.75 Å². The number of nitrogens with zero attached hydrogens (tertiary/aromatic N) is 2. The van der Waals surface area contributed by atoms with Crippen LogP contribution in [-0.2, 0) is 14.4 Å². The highest BCUT2D eigenvalue weighted by Gasteiger charge is 2.33. The molecule has 1 aromatic rings. The molecule has 3 rings (SSSR count). The largest absolute Gasteiger partial charge is 0.497 e. The van der Waals surface area contributed by atoms with Crippen LogP contribution < -0.4 is 15.0 Å². The second kappa shape index (κ2) is 8.79. The average Bonchev–Trinajstić information content (AvgIpc) is 3.18. The number of piperazine rings is 1. The lowest BCUT2D eigenvalue weighted by molar-refractivity contribution is -0.883. The van der Waals surface area contributed by atoms with Crippen LogP contribution in [-0.4, -0.2) is 74.9 Å². The molecule has 1 saturated heterocycles. The van der Waals surface area contributed by atoms with E-state index in [1.54, 1.807) is 37.1 Å². The zero-order chi connectivity index (χ0) is 20.3. The molecule has 1 aromatic carbocycles. The monoisotopic (exact) mass is 409 g/mol. The lowest BCUT2D eigenvalue weighted by Crippen LogP contribution is -3.12. The summed E-state index contributed by atoms with van der Waals surface area (Å²) in [5.41, 5.74) is 1.24. The third kappa shape index (κ3) is 4.56. The van der Waals surface area contributed by atoms with Gasteiger partial charge < -0.3 is 24.7 Å². The van der Waals surface area contributed by atoms with Crippen molar-refractivity contribution in [1.82, 2.24) is 10.2 Å². The molecule has 9 heteroatoms. The van der Waals surface area contributed by atoms with E-state index < -0.39 is 12.1 Å². The van der Waals surface area contributed by atoms with Gasteiger partial charge in [0.1, 0.15) is 11.8 Å². The Morgan fingerprint density at radius 1 is 1.39 bits per heavy atom. The summed E-state index contributed by atoms with van der Waals surface area (Å²) in [5.74, 6) is 0.206. The summed E-state index contributed by atoms with van der Waals surface area (Å²) in [4.78, 5) is 33.6. The van der Waals surface area contributed by atoms with E-state index in [9.17, 15) is 9.59 Å². The number of carbonyl (C=O) groups is 2. The number of ether oxygens (including phenoxy) is 1. The number of nitrogens with one attached hydrogen (secondary N) is 2. The van der Waals surface area contributed by atoms with Crippen LogP contribution in [0.2, 0.25) is 5.02 Å². The molecule has 2 atom stereocenters. The van der Waals surface area contributed by atoms with Gasteiger partial charge in [-0.05, 0) is 25.1 Å². The van der Waals surface area contributed by atoms with Crippen LogP contribution in [0.25, 0.3) is 0 Å². The predicted molar refractivity (Wildman–Crippen MR) is 105 cm³/mol. The number of carbonyl (C=O) groups excluding carboxylic acids is 2. The van der Waals surface area contributed by atoms with Crippen LogP contribution >= 0.6 is 11.6 Å². The van der Waals surface area contributed by atoms with Crippen molar-refractivity contribution >= 4 is 29.1 Å². The molecule has 2 amide bonds. The van der Waals surface area contributed by atoms with Gasteiger partial charge in [0.2, 0.25) is 12.0 Å². The van der Waals surface area contributed by atoms with Gasteiger partial charge >= 0.3 is 0 Å². The number of quaternary nitrogens is 1. The molecule has 0 aromatic heterocycles. The van der Waals surface area contributed by atoms with Gasteiger partial charge in [0.05, 0.1) is 51.1 Å². The first kappa shape index (κ1) is 20.4. The molecular weight excluding hydrogens is 384 g/mol. The molecule has 0 aliphatic carbocycles. The van der Waals surface area contributed by atoms with E-state index in [4.69, 9.17) is 21.2 Å². The maximum atomic E-state index is 12.6. The fraction of sp³-hybridized carbons (Fsp3) is 0.526. The van der Waals surface area contributed by atoms with Gasteiger partial charge in [-0.25, -0.2) is 0 Å². The van der Waals surface area contributed by atoms with E-state index in [1.165, 1.54) is 4.90 Å². The minimum atomic E-state index is -0.788. The second-order valence-electron chi connectivity index (χ2n) is 7.19. The number of oxime groups is 1. The Morgan fingerprint density at radius 3 is 2.79 bits per heavy atom. The molecule has 0 radical (unpaired) electrons. The van der Waals surface area contributed by atoms with E-state index >= 15 is 0 Å². The van der Waals surface area contributed by atoms with Gasteiger partial charge in [0.15, 0.2) is 0 Å². The van der Waals surface area contributed by atoms with Gasteiger partial charge in [-0.1, -0.05) is 16.8 Å². The molecule has 8 nitrogen and oxygen atoms in total. The Morgan fingerprint density at radius 2 is 2.11 bits per heavy atom. The minimum absolute atomic E-state index is 0.0733. The van der Waals surface area contributed by atoms with Crippen LogP contribution in [0.3, 0.4) is 0 Å². The van der Waals surface area contributed by atoms with Gasteiger partial charge in [-0.2, -0.15) is 0 Å². The highest BCUT2D eigenvalue weighted by atomic mass is 35.5. The third-order valence-electron chi connectivity index (χ3n) is 5.10. The van der Waals surface area contributed by atoms with Gasteiger partial charge in [0.25, 0.3) is 5.91 Å². The maximum absolute atomic E-state index is 12.6. The van der Waals surface area contributed by atoms with E-state index in [-0.39, 0.29) is 18.2 Å². The van der Waals surface area contributed by atoms with Gasteiger partial charge in [-0.3, -0.25) is 9.59 Å². The molecule has 0 bridgehead atoms. The SMILES string of the molecule is COc1ccc(Cl)c(C2=NO[C@@H](C(=O)N[C@@H](C)C(=O)N3CC[NH+](C)CC3)C2)c1. The molecule has 152 valence electrons. The summed E-state index contributed by atoms with van der Waals surface area (Å²) < 4.78 is 5.21. The highest BCUT2D eigenvalue weighted by Crippen LogP contribution is 2.27. The summed E-state index contributed by atoms with van der Waals surface area (Å²) >= 11 is 6.24. The molecule has 0 saturated carbocycles. The number of hydrogen-bond donors (Lipinski definition) is 2. The Hall–Kier alpha value is -2.32. The van der Waals surface area contributed by atoms with Crippen molar-refractivity contribution < 1.29 is 24.1 Å². The first-order valence-electron chi connectivity index (χ1n) is 9.36. The molecule has 28 heavy (non-hydrogen) atoms. The van der Waals surface area contributed by atoms with E-state index in [1.807, 2.05) is 0 Å². The van der Waals surface area contributed by atoms with Gasteiger partial charge in [0, 0.05) is 12.0 Å². The van der Waals surface area contributed by atoms with Crippen molar-refractivity contribution in [1.29, 1.82) is 0 Å². The zero-order valence-corrected chi connectivity index (χ0v) is 17.1. The average molecular weight is 410 g/mol. The zero-order valence-electron chi connectivity index (χ0n) is 16.3. The van der Waals surface area contributed by atoms with Crippen molar-refractivity contribution in [3.8, 4) is 5.75 Å². The molecule has 0 unspecified atom stereocenters. The van der Waals surface area contributed by atoms with Crippen molar-refractivity contribution in [2.45, 2.75) is 25.5 Å². The molecule has 1 fully saturated rings. The quantitative estimate of drug-likeness (QED) is 0.699. The Kier molecular flexibility index (Phi) is 6.41. The number of hydrogen-bond acceptors (Lipinski definition) is 5. The molecule has 2 N–H and O–H groups in total. The summed E-state index contributed by atoms with van der Waals surface area (Å²) in [7, 11) is 3.67. The van der Waals surface area contributed by atoms with Crippen molar-refractivity contribution in [3.05, 3.63) is 28.8 Å². The first-order chi connectivity index (χ1) is 13.4. The molecular formula is C19H26ClN4O4+. The number of halogens is 1. The summed E-state index contributed by atoms with van der Waals surface area (Å²) in [6.45, 7) is 4.92. The fourth-order valence-electron chi connectivity index (χ4n) is 3.28. The van der Waals surface area contributed by atoms with Crippen molar-refractivity contribution in [2.75, 3.05) is 40.3 Å². The Labute approximate surface area is 169 Å². The van der Waals surface area contributed by atoms with E-state index in [2.05, 4.69) is 17.5 Å². The number of methoxy groups -OCH3 is 1. The standard InChI is InChI=1S/C19H25ClN4O4/c1-12(19(26)24-8-6-23(2)7-9-24)21-18(25)17-11-16(22-28-17)14-10-13(27-3)4-5-15(14)20/h4-5,10,12,17H,6-9,11H2,1-3H3,(H,21,25)/p+1/t12-,17+/m0/s1. The normalized spacial score (nSPS) is 20.9. The summed E-state index contributed by atoms with van der Waals surface area (Å²) in [5, 5.41) is 7.26.